The predicted molar refractivity (Wildman–Crippen MR) is 105 cm³/mol. The number of hydrogen-bond acceptors (Lipinski definition) is 5. The Morgan fingerprint density at radius 3 is 2.24 bits per heavy atom. The van der Waals surface area contributed by atoms with E-state index in [-0.39, 0.29) is 31.4 Å². The number of hydrogen-bond donors (Lipinski definition) is 3. The van der Waals surface area contributed by atoms with Gasteiger partial charge in [-0.15, -0.1) is 0 Å². The average Bonchev–Trinajstić information content (AvgIpc) is 2.68. The molecule has 152 valence electrons. The van der Waals surface area contributed by atoms with Crippen molar-refractivity contribution in [1.82, 2.24) is 5.32 Å². The van der Waals surface area contributed by atoms with E-state index < -0.39 is 28.7 Å². The van der Waals surface area contributed by atoms with E-state index in [1.807, 2.05) is 30.3 Å². The van der Waals surface area contributed by atoms with Crippen LogP contribution in [0.2, 0.25) is 0 Å². The summed E-state index contributed by atoms with van der Waals surface area (Å²) in [5.74, 6) is -1.89. The number of non-ortho nitro benzene ring substituents is 1. The number of anilines is 1. The van der Waals surface area contributed by atoms with Gasteiger partial charge in [0.1, 0.15) is 6.04 Å². The number of benzene rings is 2. The first kappa shape index (κ1) is 21.5. The number of carboxylic acid groups (broad SMARTS) is 1. The monoisotopic (exact) mass is 399 g/mol. The van der Waals surface area contributed by atoms with Crippen molar-refractivity contribution in [3.05, 3.63) is 70.3 Å². The molecule has 9 nitrogen and oxygen atoms in total. The molecule has 1 atom stereocenters. The molecule has 2 amide bonds. The fourth-order valence-electron chi connectivity index (χ4n) is 2.62. The molecule has 0 radical (unpaired) electrons. The van der Waals surface area contributed by atoms with Gasteiger partial charge in [0.25, 0.3) is 5.69 Å². The second-order valence-electron chi connectivity index (χ2n) is 6.35. The van der Waals surface area contributed by atoms with Gasteiger partial charge >= 0.3 is 5.97 Å². The van der Waals surface area contributed by atoms with Crippen LogP contribution in [-0.2, 0) is 20.8 Å². The summed E-state index contributed by atoms with van der Waals surface area (Å²) in [5, 5.41) is 24.7. The Bertz CT molecular complexity index is 868. The van der Waals surface area contributed by atoms with Gasteiger partial charge in [-0.05, 0) is 24.1 Å². The number of aliphatic carboxylic acids is 1. The van der Waals surface area contributed by atoms with Crippen LogP contribution in [0.3, 0.4) is 0 Å². The van der Waals surface area contributed by atoms with E-state index in [1.54, 1.807) is 0 Å². The smallest absolute Gasteiger partial charge is 0.303 e. The lowest BCUT2D eigenvalue weighted by molar-refractivity contribution is -0.384. The molecule has 0 aliphatic carbocycles. The van der Waals surface area contributed by atoms with E-state index in [9.17, 15) is 24.5 Å². The van der Waals surface area contributed by atoms with Crippen molar-refractivity contribution in [1.29, 1.82) is 0 Å². The molecule has 0 spiro atoms. The van der Waals surface area contributed by atoms with Crippen LogP contribution in [-0.4, -0.2) is 33.9 Å². The minimum atomic E-state index is -0.991. The van der Waals surface area contributed by atoms with Gasteiger partial charge in [0.15, 0.2) is 0 Å². The van der Waals surface area contributed by atoms with Gasteiger partial charge < -0.3 is 15.7 Å². The van der Waals surface area contributed by atoms with Gasteiger partial charge in [0.05, 0.1) is 4.92 Å². The highest BCUT2D eigenvalue weighted by Gasteiger charge is 2.21. The summed E-state index contributed by atoms with van der Waals surface area (Å²) < 4.78 is 0. The standard InChI is InChI=1S/C20H21N3O6/c24-18(7-4-8-19(25)26)22-17(13-14-5-2-1-3-6-14)20(27)21-15-9-11-16(12-10-15)23(28)29/h1-3,5-6,9-12,17H,4,7-8,13H2,(H,21,27)(H,22,24)(H,25,26). The number of nitro groups is 1. The van der Waals surface area contributed by atoms with Crippen molar-refractivity contribution in [2.24, 2.45) is 0 Å². The number of carboxylic acids is 1. The van der Waals surface area contributed by atoms with Gasteiger partial charge in [0.2, 0.25) is 11.8 Å². The third-order valence-corrected chi connectivity index (χ3v) is 4.07. The minimum absolute atomic E-state index is 0.0115. The lowest BCUT2D eigenvalue weighted by Crippen LogP contribution is -2.45. The largest absolute Gasteiger partial charge is 0.481 e. The highest BCUT2D eigenvalue weighted by molar-refractivity contribution is 5.97. The van der Waals surface area contributed by atoms with E-state index in [4.69, 9.17) is 5.11 Å². The van der Waals surface area contributed by atoms with E-state index in [0.717, 1.165) is 5.56 Å². The molecular weight excluding hydrogens is 378 g/mol. The molecule has 0 bridgehead atoms. The molecule has 1 unspecified atom stereocenters. The molecule has 0 saturated carbocycles. The molecule has 0 heterocycles. The second-order valence-corrected chi connectivity index (χ2v) is 6.35. The van der Waals surface area contributed by atoms with Crippen molar-refractivity contribution in [3.63, 3.8) is 0 Å². The molecule has 29 heavy (non-hydrogen) atoms. The fourth-order valence-corrected chi connectivity index (χ4v) is 2.62. The molecule has 0 aromatic heterocycles. The molecule has 2 aromatic rings. The summed E-state index contributed by atoms with van der Waals surface area (Å²) in [5.41, 5.74) is 1.09. The van der Waals surface area contributed by atoms with Gasteiger partial charge in [0, 0.05) is 37.1 Å². The van der Waals surface area contributed by atoms with Gasteiger partial charge in [-0.2, -0.15) is 0 Å². The zero-order valence-corrected chi connectivity index (χ0v) is 15.5. The minimum Gasteiger partial charge on any atom is -0.481 e. The Hall–Kier alpha value is -3.75. The van der Waals surface area contributed by atoms with Crippen LogP contribution in [0.4, 0.5) is 11.4 Å². The van der Waals surface area contributed by atoms with Crippen molar-refractivity contribution in [3.8, 4) is 0 Å². The molecule has 9 heteroatoms. The predicted octanol–water partition coefficient (Wildman–Crippen LogP) is 2.52. The Morgan fingerprint density at radius 2 is 1.66 bits per heavy atom. The average molecular weight is 399 g/mol. The molecule has 3 N–H and O–H groups in total. The van der Waals surface area contributed by atoms with Crippen LogP contribution in [0, 0.1) is 10.1 Å². The Kier molecular flexibility index (Phi) is 7.84. The van der Waals surface area contributed by atoms with E-state index >= 15 is 0 Å². The molecule has 0 aliphatic rings. The summed E-state index contributed by atoms with van der Waals surface area (Å²) in [6.07, 6.45) is 0.266. The molecule has 2 aromatic carbocycles. The van der Waals surface area contributed by atoms with Crippen molar-refractivity contribution < 1.29 is 24.4 Å². The van der Waals surface area contributed by atoms with Crippen LogP contribution in [0.1, 0.15) is 24.8 Å². The van der Waals surface area contributed by atoms with Gasteiger partial charge in [-0.25, -0.2) is 0 Å². The third-order valence-electron chi connectivity index (χ3n) is 4.07. The van der Waals surface area contributed by atoms with E-state index in [2.05, 4.69) is 10.6 Å². The number of nitrogens with one attached hydrogen (secondary N) is 2. The van der Waals surface area contributed by atoms with Crippen molar-refractivity contribution in [2.75, 3.05) is 5.32 Å². The summed E-state index contributed by atoms with van der Waals surface area (Å²) in [6, 6.07) is 13.6. The molecule has 0 fully saturated rings. The maximum atomic E-state index is 12.7. The zero-order chi connectivity index (χ0) is 21.2. The Morgan fingerprint density at radius 1 is 1.00 bits per heavy atom. The van der Waals surface area contributed by atoms with Gasteiger partial charge in [-0.3, -0.25) is 24.5 Å². The van der Waals surface area contributed by atoms with Crippen LogP contribution in [0.25, 0.3) is 0 Å². The van der Waals surface area contributed by atoms with Crippen molar-refractivity contribution in [2.45, 2.75) is 31.7 Å². The molecule has 2 rings (SSSR count). The zero-order valence-electron chi connectivity index (χ0n) is 15.5. The van der Waals surface area contributed by atoms with E-state index in [1.165, 1.54) is 24.3 Å². The van der Waals surface area contributed by atoms with Crippen LogP contribution >= 0.6 is 0 Å². The number of carbonyl (C=O) groups is 3. The summed E-state index contributed by atoms with van der Waals surface area (Å²) >= 11 is 0. The SMILES string of the molecule is O=C(O)CCCC(=O)NC(Cc1ccccc1)C(=O)Nc1ccc([N+](=O)[O-])cc1. The van der Waals surface area contributed by atoms with Gasteiger partial charge in [-0.1, -0.05) is 30.3 Å². The normalized spacial score (nSPS) is 11.3. The molecule has 0 aliphatic heterocycles. The number of rotatable bonds is 10. The Labute approximate surface area is 166 Å². The maximum Gasteiger partial charge on any atom is 0.303 e. The maximum absolute atomic E-state index is 12.7. The lowest BCUT2D eigenvalue weighted by Gasteiger charge is -2.19. The summed E-state index contributed by atoms with van der Waals surface area (Å²) in [6.45, 7) is 0. The summed E-state index contributed by atoms with van der Waals surface area (Å²) in [4.78, 5) is 45.6. The summed E-state index contributed by atoms with van der Waals surface area (Å²) in [7, 11) is 0. The fraction of sp³-hybridized carbons (Fsp3) is 0.250. The number of amides is 2. The van der Waals surface area contributed by atoms with Crippen LogP contribution in [0.15, 0.2) is 54.6 Å². The first-order chi connectivity index (χ1) is 13.8. The first-order valence-electron chi connectivity index (χ1n) is 8.95. The number of nitro benzene ring substituents is 1. The molecule has 0 saturated heterocycles. The first-order valence-corrected chi connectivity index (χ1v) is 8.95. The third kappa shape index (κ3) is 7.41. The topological polar surface area (TPSA) is 139 Å². The highest BCUT2D eigenvalue weighted by Crippen LogP contribution is 2.16. The van der Waals surface area contributed by atoms with Crippen molar-refractivity contribution >= 4 is 29.2 Å². The van der Waals surface area contributed by atoms with E-state index in [0.29, 0.717) is 5.69 Å². The van der Waals surface area contributed by atoms with Crippen LogP contribution < -0.4 is 10.6 Å². The quantitative estimate of drug-likeness (QED) is 0.414. The molecular formula is C20H21N3O6. The lowest BCUT2D eigenvalue weighted by atomic mass is 10.0. The Balaban J connectivity index is 2.06. The number of carbonyl (C=O) groups excluding carboxylic acids is 2. The highest BCUT2D eigenvalue weighted by atomic mass is 16.6. The van der Waals surface area contributed by atoms with Crippen LogP contribution in [0.5, 0.6) is 0 Å². The number of nitrogens with zero attached hydrogens (tertiary/aromatic N) is 1. The second kappa shape index (κ2) is 10.5.